The summed E-state index contributed by atoms with van der Waals surface area (Å²) >= 11 is 0. The highest BCUT2D eigenvalue weighted by Gasteiger charge is 2.42. The van der Waals surface area contributed by atoms with Crippen molar-refractivity contribution in [3.63, 3.8) is 0 Å². The molecule has 0 spiro atoms. The van der Waals surface area contributed by atoms with Gasteiger partial charge in [-0.25, -0.2) is 0 Å². The minimum atomic E-state index is -0.456. The molecule has 1 heterocycles. The maximum atomic E-state index is 12.0. The molecule has 1 saturated heterocycles. The summed E-state index contributed by atoms with van der Waals surface area (Å²) in [6, 6.07) is 0.535. The highest BCUT2D eigenvalue weighted by Crippen LogP contribution is 2.33. The Kier molecular flexibility index (Phi) is 5.44. The molecule has 2 unspecified atom stereocenters. The molecule has 1 saturated carbocycles. The molecule has 116 valence electrons. The number of rotatable bonds is 5. The van der Waals surface area contributed by atoms with Gasteiger partial charge in [-0.1, -0.05) is 13.8 Å². The molecule has 0 bridgehead atoms. The van der Waals surface area contributed by atoms with E-state index in [1.807, 2.05) is 0 Å². The molecule has 1 aliphatic heterocycles. The van der Waals surface area contributed by atoms with E-state index in [1.54, 1.807) is 0 Å². The van der Waals surface area contributed by atoms with Crippen LogP contribution in [0.3, 0.4) is 0 Å². The van der Waals surface area contributed by atoms with E-state index >= 15 is 0 Å². The van der Waals surface area contributed by atoms with Crippen LogP contribution in [0.1, 0.15) is 58.8 Å². The molecule has 3 N–H and O–H groups in total. The summed E-state index contributed by atoms with van der Waals surface area (Å²) in [5.41, 5.74) is 5.28. The molecule has 4 nitrogen and oxygen atoms in total. The van der Waals surface area contributed by atoms with Crippen molar-refractivity contribution in [1.82, 2.24) is 10.2 Å². The third-order valence-corrected chi connectivity index (χ3v) is 5.24. The van der Waals surface area contributed by atoms with Crippen LogP contribution in [-0.4, -0.2) is 42.0 Å². The molecule has 2 fully saturated rings. The Labute approximate surface area is 123 Å². The van der Waals surface area contributed by atoms with Crippen molar-refractivity contribution in [3.8, 4) is 0 Å². The van der Waals surface area contributed by atoms with Gasteiger partial charge in [0.05, 0.1) is 5.54 Å². The molecule has 1 amide bonds. The second kappa shape index (κ2) is 6.90. The molecule has 2 rings (SSSR count). The number of carbonyl (C=O) groups excluding carboxylic acids is 1. The lowest BCUT2D eigenvalue weighted by Gasteiger charge is -2.45. The second-order valence-corrected chi connectivity index (χ2v) is 6.84. The van der Waals surface area contributed by atoms with E-state index in [0.29, 0.717) is 6.04 Å². The molecule has 20 heavy (non-hydrogen) atoms. The first kappa shape index (κ1) is 15.8. The summed E-state index contributed by atoms with van der Waals surface area (Å²) in [5, 5.41) is 3.46. The van der Waals surface area contributed by atoms with Gasteiger partial charge in [-0.3, -0.25) is 4.79 Å². The third kappa shape index (κ3) is 3.53. The van der Waals surface area contributed by atoms with Crippen LogP contribution in [0, 0.1) is 5.92 Å². The fourth-order valence-corrected chi connectivity index (χ4v) is 3.79. The number of nitrogens with one attached hydrogen (secondary N) is 1. The average Bonchev–Trinajstić information content (AvgIpc) is 2.46. The minimum absolute atomic E-state index is 0.152. The van der Waals surface area contributed by atoms with Gasteiger partial charge >= 0.3 is 0 Å². The van der Waals surface area contributed by atoms with Gasteiger partial charge in [0.1, 0.15) is 0 Å². The smallest absolute Gasteiger partial charge is 0.237 e. The third-order valence-electron chi connectivity index (χ3n) is 5.24. The number of piperidine rings is 1. The van der Waals surface area contributed by atoms with Crippen molar-refractivity contribution in [2.24, 2.45) is 11.7 Å². The Morgan fingerprint density at radius 3 is 2.65 bits per heavy atom. The molecular weight excluding hydrogens is 250 g/mol. The van der Waals surface area contributed by atoms with Crippen LogP contribution in [-0.2, 0) is 4.79 Å². The number of likely N-dealkylation sites (tertiary alicyclic amines) is 1. The first-order chi connectivity index (χ1) is 9.57. The number of nitrogens with two attached hydrogens (primary N) is 1. The Hall–Kier alpha value is -0.610. The maximum absolute atomic E-state index is 12.0. The van der Waals surface area contributed by atoms with Crippen LogP contribution in [0.15, 0.2) is 0 Å². The molecule has 2 atom stereocenters. The quantitative estimate of drug-likeness (QED) is 0.809. The van der Waals surface area contributed by atoms with E-state index in [2.05, 4.69) is 24.1 Å². The number of amides is 1. The van der Waals surface area contributed by atoms with Crippen molar-refractivity contribution >= 4 is 5.91 Å². The molecular formula is C16H31N3O. The molecule has 0 aromatic heterocycles. The van der Waals surface area contributed by atoms with Gasteiger partial charge in [0.25, 0.3) is 0 Å². The summed E-state index contributed by atoms with van der Waals surface area (Å²) in [6.45, 7) is 7.73. The van der Waals surface area contributed by atoms with Gasteiger partial charge in [0, 0.05) is 6.04 Å². The van der Waals surface area contributed by atoms with Gasteiger partial charge in [0.2, 0.25) is 5.91 Å². The van der Waals surface area contributed by atoms with Crippen molar-refractivity contribution in [3.05, 3.63) is 0 Å². The van der Waals surface area contributed by atoms with Gasteiger partial charge in [0.15, 0.2) is 0 Å². The zero-order valence-electron chi connectivity index (χ0n) is 13.2. The van der Waals surface area contributed by atoms with E-state index in [-0.39, 0.29) is 5.91 Å². The molecule has 1 aliphatic carbocycles. The van der Waals surface area contributed by atoms with Crippen LogP contribution in [0.25, 0.3) is 0 Å². The summed E-state index contributed by atoms with van der Waals surface area (Å²) in [5.74, 6) is 0.704. The van der Waals surface area contributed by atoms with Crippen LogP contribution >= 0.6 is 0 Å². The Bertz CT molecular complexity index is 326. The zero-order chi connectivity index (χ0) is 14.6. The fourth-order valence-electron chi connectivity index (χ4n) is 3.79. The van der Waals surface area contributed by atoms with Crippen LogP contribution in [0.2, 0.25) is 0 Å². The summed E-state index contributed by atoms with van der Waals surface area (Å²) in [4.78, 5) is 14.6. The predicted molar refractivity (Wildman–Crippen MR) is 82.4 cm³/mol. The minimum Gasteiger partial charge on any atom is -0.368 e. The van der Waals surface area contributed by atoms with E-state index in [4.69, 9.17) is 5.73 Å². The summed E-state index contributed by atoms with van der Waals surface area (Å²) in [6.07, 6.45) is 7.76. The molecule has 2 aliphatic rings. The molecule has 0 aromatic rings. The lowest BCUT2D eigenvalue weighted by molar-refractivity contribution is -0.127. The Morgan fingerprint density at radius 1 is 1.35 bits per heavy atom. The molecule has 4 heteroatoms. The van der Waals surface area contributed by atoms with Crippen LogP contribution in [0.5, 0.6) is 0 Å². The topological polar surface area (TPSA) is 58.4 Å². The predicted octanol–water partition coefficient (Wildman–Crippen LogP) is 1.88. The normalized spacial score (nSPS) is 33.2. The fraction of sp³-hybridized carbons (Fsp3) is 0.938. The van der Waals surface area contributed by atoms with E-state index < -0.39 is 5.54 Å². The van der Waals surface area contributed by atoms with Gasteiger partial charge in [-0.15, -0.1) is 0 Å². The molecule has 0 aromatic carbocycles. The van der Waals surface area contributed by atoms with Crippen molar-refractivity contribution in [2.75, 3.05) is 19.6 Å². The maximum Gasteiger partial charge on any atom is 0.237 e. The number of hydrogen-bond acceptors (Lipinski definition) is 3. The molecule has 0 radical (unpaired) electrons. The Balaban J connectivity index is 2.00. The Morgan fingerprint density at radius 2 is 2.05 bits per heavy atom. The van der Waals surface area contributed by atoms with Gasteiger partial charge in [-0.2, -0.15) is 0 Å². The largest absolute Gasteiger partial charge is 0.368 e. The zero-order valence-corrected chi connectivity index (χ0v) is 13.2. The number of hydrogen-bond donors (Lipinski definition) is 2. The van der Waals surface area contributed by atoms with Gasteiger partial charge in [-0.05, 0) is 70.5 Å². The van der Waals surface area contributed by atoms with E-state index in [0.717, 1.165) is 38.1 Å². The highest BCUT2D eigenvalue weighted by atomic mass is 16.1. The standard InChI is InChI=1S/C16H31N3O/c1-3-9-18-16(15(17)20)8-4-5-14(12-16)19-10-6-13(2)7-11-19/h13-14,18H,3-12H2,1-2H3,(H2,17,20). The first-order valence-corrected chi connectivity index (χ1v) is 8.36. The monoisotopic (exact) mass is 281 g/mol. The lowest BCUT2D eigenvalue weighted by atomic mass is 9.77. The van der Waals surface area contributed by atoms with Crippen molar-refractivity contribution in [2.45, 2.75) is 70.4 Å². The van der Waals surface area contributed by atoms with Crippen molar-refractivity contribution in [1.29, 1.82) is 0 Å². The van der Waals surface area contributed by atoms with Crippen LogP contribution in [0.4, 0.5) is 0 Å². The average molecular weight is 281 g/mol. The lowest BCUT2D eigenvalue weighted by Crippen LogP contribution is -2.61. The SMILES string of the molecule is CCCNC1(C(N)=O)CCCC(N2CCC(C)CC2)C1. The number of nitrogens with zero attached hydrogens (tertiary/aromatic N) is 1. The van der Waals surface area contributed by atoms with Crippen molar-refractivity contribution < 1.29 is 4.79 Å². The van der Waals surface area contributed by atoms with Crippen LogP contribution < -0.4 is 11.1 Å². The number of carbonyl (C=O) groups is 1. The van der Waals surface area contributed by atoms with E-state index in [1.165, 1.54) is 32.4 Å². The first-order valence-electron chi connectivity index (χ1n) is 8.36. The highest BCUT2D eigenvalue weighted by molar-refractivity contribution is 5.84. The van der Waals surface area contributed by atoms with E-state index in [9.17, 15) is 4.79 Å². The van der Waals surface area contributed by atoms with Gasteiger partial charge < -0.3 is 16.0 Å². The summed E-state index contributed by atoms with van der Waals surface area (Å²) < 4.78 is 0. The number of primary amides is 1. The summed E-state index contributed by atoms with van der Waals surface area (Å²) in [7, 11) is 0. The second-order valence-electron chi connectivity index (χ2n) is 6.84.